The smallest absolute Gasteiger partial charge is 0.265 e. The molecule has 0 spiro atoms. The summed E-state index contributed by atoms with van der Waals surface area (Å²) in [4.78, 5) is 12.9. The van der Waals surface area contributed by atoms with Crippen LogP contribution in [0.2, 0.25) is 0 Å². The zero-order chi connectivity index (χ0) is 10.4. The molecule has 0 aromatic heterocycles. The van der Waals surface area contributed by atoms with Gasteiger partial charge in [0.25, 0.3) is 5.91 Å². The van der Waals surface area contributed by atoms with Crippen LogP contribution < -0.4 is 0 Å². The van der Waals surface area contributed by atoms with Crippen molar-refractivity contribution < 1.29 is 4.79 Å². The van der Waals surface area contributed by atoms with Crippen molar-refractivity contribution in [1.82, 2.24) is 4.90 Å². The third kappa shape index (κ3) is 3.33. The van der Waals surface area contributed by atoms with Crippen LogP contribution in [0.15, 0.2) is 9.81 Å². The van der Waals surface area contributed by atoms with Crippen LogP contribution in [0.3, 0.4) is 0 Å². The van der Waals surface area contributed by atoms with E-state index in [2.05, 4.69) is 0 Å². The Hall–Kier alpha value is -0.600. The highest BCUT2D eigenvalue weighted by molar-refractivity contribution is 8.21. The largest absolute Gasteiger partial charge is 0.344 e. The fourth-order valence-corrected chi connectivity index (χ4v) is 2.03. The van der Waals surface area contributed by atoms with E-state index in [4.69, 9.17) is 5.26 Å². The predicted octanol–water partition coefficient (Wildman–Crippen LogP) is 1.54. The number of nitrogens with zero attached hydrogens (tertiary/aromatic N) is 2. The van der Waals surface area contributed by atoms with E-state index in [0.29, 0.717) is 0 Å². The van der Waals surface area contributed by atoms with Gasteiger partial charge in [-0.05, 0) is 12.5 Å². The Balaban J connectivity index is 4.99. The summed E-state index contributed by atoms with van der Waals surface area (Å²) < 4.78 is 0.765. The molecule has 0 aliphatic rings. The Morgan fingerprint density at radius 1 is 1.31 bits per heavy atom. The second kappa shape index (κ2) is 5.95. The van der Waals surface area contributed by atoms with Gasteiger partial charge in [-0.1, -0.05) is 0 Å². The van der Waals surface area contributed by atoms with E-state index >= 15 is 0 Å². The highest BCUT2D eigenvalue weighted by Crippen LogP contribution is 2.27. The molecule has 0 fully saturated rings. The molecule has 0 radical (unpaired) electrons. The van der Waals surface area contributed by atoms with Gasteiger partial charge < -0.3 is 4.90 Å². The quantitative estimate of drug-likeness (QED) is 0.530. The summed E-state index contributed by atoms with van der Waals surface area (Å²) in [6.45, 7) is 0. The van der Waals surface area contributed by atoms with Crippen LogP contribution in [0.25, 0.3) is 0 Å². The maximum absolute atomic E-state index is 11.5. The van der Waals surface area contributed by atoms with Crippen molar-refractivity contribution in [3.63, 3.8) is 0 Å². The van der Waals surface area contributed by atoms with Crippen molar-refractivity contribution in [2.24, 2.45) is 0 Å². The summed E-state index contributed by atoms with van der Waals surface area (Å²) in [6, 6.07) is 1.93. The van der Waals surface area contributed by atoms with Crippen molar-refractivity contribution in [2.75, 3.05) is 26.6 Å². The predicted molar refractivity (Wildman–Crippen MR) is 58.4 cm³/mol. The lowest BCUT2D eigenvalue weighted by molar-refractivity contribution is -0.124. The third-order valence-electron chi connectivity index (χ3n) is 1.31. The normalized spacial score (nSPS) is 8.85. The fourth-order valence-electron chi connectivity index (χ4n) is 0.692. The summed E-state index contributed by atoms with van der Waals surface area (Å²) >= 11 is 2.84. The summed E-state index contributed by atoms with van der Waals surface area (Å²) in [5.74, 6) is -0.235. The molecule has 0 aliphatic carbocycles. The Morgan fingerprint density at radius 3 is 2.00 bits per heavy atom. The lowest BCUT2D eigenvalue weighted by Crippen LogP contribution is -2.23. The van der Waals surface area contributed by atoms with E-state index in [1.54, 1.807) is 14.1 Å². The summed E-state index contributed by atoms with van der Waals surface area (Å²) in [6.07, 6.45) is 3.71. The molecule has 3 nitrogen and oxygen atoms in total. The Bertz CT molecular complexity index is 260. The molecule has 0 saturated heterocycles. The second-order valence-electron chi connectivity index (χ2n) is 2.38. The molecule has 13 heavy (non-hydrogen) atoms. The van der Waals surface area contributed by atoms with Gasteiger partial charge in [0, 0.05) is 14.1 Å². The molecule has 0 saturated carbocycles. The molecule has 1 amide bonds. The number of hydrogen-bond acceptors (Lipinski definition) is 4. The molecule has 0 aromatic rings. The van der Waals surface area contributed by atoms with E-state index in [0.717, 1.165) is 4.24 Å². The molecule has 0 aliphatic heterocycles. The van der Waals surface area contributed by atoms with Gasteiger partial charge in [-0.2, -0.15) is 5.26 Å². The van der Waals surface area contributed by atoms with Crippen LogP contribution in [0.4, 0.5) is 0 Å². The van der Waals surface area contributed by atoms with Gasteiger partial charge in [-0.15, -0.1) is 23.5 Å². The number of likely N-dealkylation sites (N-methyl/N-ethyl adjacent to an activating group) is 1. The van der Waals surface area contributed by atoms with Crippen LogP contribution in [0.5, 0.6) is 0 Å². The highest BCUT2D eigenvalue weighted by Gasteiger charge is 2.15. The first-order chi connectivity index (χ1) is 6.08. The van der Waals surface area contributed by atoms with Crippen molar-refractivity contribution in [1.29, 1.82) is 5.26 Å². The molecule has 0 rings (SSSR count). The maximum atomic E-state index is 11.5. The minimum absolute atomic E-state index is 0.227. The number of amides is 1. The maximum Gasteiger partial charge on any atom is 0.265 e. The summed E-state index contributed by atoms with van der Waals surface area (Å²) in [5.41, 5.74) is 0.227. The Labute approximate surface area is 87.2 Å². The van der Waals surface area contributed by atoms with Gasteiger partial charge in [0.15, 0.2) is 0 Å². The summed E-state index contributed by atoms with van der Waals surface area (Å²) in [5, 5.41) is 8.80. The molecular weight excluding hydrogens is 204 g/mol. The molecule has 0 atom stereocenters. The van der Waals surface area contributed by atoms with Gasteiger partial charge in [0.2, 0.25) is 0 Å². The standard InChI is InChI=1S/C8H12N2OS2/c1-10(2)7(11)6(5-9)8(12-3)13-4/h1-4H3. The first-order valence-corrected chi connectivity index (χ1v) is 5.97. The van der Waals surface area contributed by atoms with Crippen molar-refractivity contribution >= 4 is 29.4 Å². The minimum atomic E-state index is -0.235. The van der Waals surface area contributed by atoms with E-state index in [-0.39, 0.29) is 11.5 Å². The monoisotopic (exact) mass is 216 g/mol. The lowest BCUT2D eigenvalue weighted by Gasteiger charge is -2.10. The number of hydrogen-bond donors (Lipinski definition) is 0. The van der Waals surface area contributed by atoms with Crippen LogP contribution in [-0.2, 0) is 4.79 Å². The zero-order valence-corrected chi connectivity index (χ0v) is 9.75. The van der Waals surface area contributed by atoms with Crippen molar-refractivity contribution in [3.05, 3.63) is 9.81 Å². The number of carbonyl (C=O) groups excluding carboxylic acids is 1. The van der Waals surface area contributed by atoms with Crippen molar-refractivity contribution in [2.45, 2.75) is 0 Å². The van der Waals surface area contributed by atoms with Gasteiger partial charge >= 0.3 is 0 Å². The number of carbonyl (C=O) groups is 1. The van der Waals surface area contributed by atoms with Gasteiger partial charge in [0.1, 0.15) is 11.6 Å². The van der Waals surface area contributed by atoms with Gasteiger partial charge in [0.05, 0.1) is 4.24 Å². The average Bonchev–Trinajstić information content (AvgIpc) is 2.12. The molecule has 0 heterocycles. The van der Waals surface area contributed by atoms with Crippen molar-refractivity contribution in [3.8, 4) is 6.07 Å². The highest BCUT2D eigenvalue weighted by atomic mass is 32.2. The fraction of sp³-hybridized carbons (Fsp3) is 0.500. The first-order valence-electron chi connectivity index (χ1n) is 3.52. The number of nitriles is 1. The molecule has 72 valence electrons. The molecule has 5 heteroatoms. The zero-order valence-electron chi connectivity index (χ0n) is 8.12. The van der Waals surface area contributed by atoms with E-state index < -0.39 is 0 Å². The Morgan fingerprint density at radius 2 is 1.77 bits per heavy atom. The van der Waals surface area contributed by atoms with Crippen LogP contribution in [0, 0.1) is 11.3 Å². The summed E-state index contributed by atoms with van der Waals surface area (Å²) in [7, 11) is 3.27. The molecule has 0 bridgehead atoms. The SMILES string of the molecule is CSC(SC)=C(C#N)C(=O)N(C)C. The minimum Gasteiger partial charge on any atom is -0.344 e. The average molecular weight is 216 g/mol. The number of rotatable bonds is 3. The van der Waals surface area contributed by atoms with Crippen LogP contribution >= 0.6 is 23.5 Å². The number of thioether (sulfide) groups is 2. The second-order valence-corrected chi connectivity index (χ2v) is 4.27. The molecule has 0 unspecified atom stereocenters. The van der Waals surface area contributed by atoms with Crippen LogP contribution in [-0.4, -0.2) is 37.4 Å². The van der Waals surface area contributed by atoms with E-state index in [1.165, 1.54) is 28.4 Å². The molecular formula is C8H12N2OS2. The molecule has 0 N–H and O–H groups in total. The first kappa shape index (κ1) is 12.4. The third-order valence-corrected chi connectivity index (χ3v) is 3.46. The van der Waals surface area contributed by atoms with E-state index in [9.17, 15) is 4.79 Å². The van der Waals surface area contributed by atoms with E-state index in [1.807, 2.05) is 18.6 Å². The van der Waals surface area contributed by atoms with Gasteiger partial charge in [-0.25, -0.2) is 0 Å². The Kier molecular flexibility index (Phi) is 5.67. The molecule has 0 aromatic carbocycles. The van der Waals surface area contributed by atoms with Crippen LogP contribution in [0.1, 0.15) is 0 Å². The lowest BCUT2D eigenvalue weighted by atomic mass is 10.3. The van der Waals surface area contributed by atoms with Gasteiger partial charge in [-0.3, -0.25) is 4.79 Å². The topological polar surface area (TPSA) is 44.1 Å².